The van der Waals surface area contributed by atoms with E-state index in [1.165, 1.54) is 12.4 Å². The molecule has 4 rings (SSSR count). The van der Waals surface area contributed by atoms with E-state index in [0.29, 0.717) is 38.9 Å². The summed E-state index contributed by atoms with van der Waals surface area (Å²) < 4.78 is 2.18. The van der Waals surface area contributed by atoms with Crippen LogP contribution in [0.1, 0.15) is 21.9 Å². The normalized spacial score (nSPS) is 10.7. The number of aromatic amines is 1. The van der Waals surface area contributed by atoms with Gasteiger partial charge in [0.05, 0.1) is 0 Å². The number of carbonyl (C=O) groups is 1. The smallest absolute Gasteiger partial charge is 0.300 e. The maximum atomic E-state index is 12.7. The van der Waals surface area contributed by atoms with Crippen LogP contribution in [0.2, 0.25) is 0 Å². The average molecular weight is 401 g/mol. The third-order valence-corrected chi connectivity index (χ3v) is 4.66. The van der Waals surface area contributed by atoms with Crippen LogP contribution in [0.25, 0.3) is 17.1 Å². The Kier molecular flexibility index (Phi) is 4.89. The van der Waals surface area contributed by atoms with E-state index in [4.69, 9.17) is 0 Å². The zero-order valence-electron chi connectivity index (χ0n) is 16.4. The SMILES string of the molecule is Cc1cc(=O)[nH]c(-c2cccc(-n3c[n+]([O-])c(C(=O)Nc4ccccc4)c3C)c2)n1. The van der Waals surface area contributed by atoms with Gasteiger partial charge in [-0.15, -0.1) is 0 Å². The first-order valence-corrected chi connectivity index (χ1v) is 9.28. The van der Waals surface area contributed by atoms with Gasteiger partial charge in [0.2, 0.25) is 5.69 Å². The summed E-state index contributed by atoms with van der Waals surface area (Å²) in [6.45, 7) is 3.45. The van der Waals surface area contributed by atoms with Crippen molar-refractivity contribution in [2.75, 3.05) is 5.32 Å². The van der Waals surface area contributed by atoms with Crippen LogP contribution in [0.15, 0.2) is 71.8 Å². The topological polar surface area (TPSA) is 107 Å². The molecule has 2 aromatic heterocycles. The summed E-state index contributed by atoms with van der Waals surface area (Å²) in [6, 6.07) is 17.6. The van der Waals surface area contributed by atoms with Gasteiger partial charge < -0.3 is 15.5 Å². The maximum Gasteiger partial charge on any atom is 0.300 e. The van der Waals surface area contributed by atoms with Crippen LogP contribution in [-0.4, -0.2) is 20.4 Å². The van der Waals surface area contributed by atoms with Crippen molar-refractivity contribution in [1.29, 1.82) is 0 Å². The molecule has 0 bridgehead atoms. The number of hydrogen-bond acceptors (Lipinski definition) is 4. The van der Waals surface area contributed by atoms with E-state index in [2.05, 4.69) is 15.3 Å². The second kappa shape index (κ2) is 7.67. The van der Waals surface area contributed by atoms with Crippen molar-refractivity contribution in [3.8, 4) is 17.1 Å². The number of nitrogens with zero attached hydrogens (tertiary/aromatic N) is 3. The number of nitrogens with one attached hydrogen (secondary N) is 2. The minimum atomic E-state index is -0.492. The Morgan fingerprint density at radius 1 is 1.10 bits per heavy atom. The molecule has 0 fully saturated rings. The molecule has 4 aromatic rings. The highest BCUT2D eigenvalue weighted by atomic mass is 16.5. The number of imidazole rings is 1. The highest BCUT2D eigenvalue weighted by molar-refractivity contribution is 6.02. The minimum Gasteiger partial charge on any atom is -0.710 e. The molecule has 0 saturated heterocycles. The molecule has 0 atom stereocenters. The molecule has 30 heavy (non-hydrogen) atoms. The fourth-order valence-corrected chi connectivity index (χ4v) is 3.28. The summed E-state index contributed by atoms with van der Waals surface area (Å²) in [7, 11) is 0. The van der Waals surface area contributed by atoms with Gasteiger partial charge in [0.25, 0.3) is 17.8 Å². The van der Waals surface area contributed by atoms with Gasteiger partial charge in [0.1, 0.15) is 11.5 Å². The third kappa shape index (κ3) is 3.70. The van der Waals surface area contributed by atoms with Gasteiger partial charge in [-0.25, -0.2) is 9.71 Å². The second-order valence-electron chi connectivity index (χ2n) is 6.85. The summed E-state index contributed by atoms with van der Waals surface area (Å²) in [5.74, 6) is -0.0583. The van der Waals surface area contributed by atoms with Crippen LogP contribution in [-0.2, 0) is 0 Å². The van der Waals surface area contributed by atoms with E-state index >= 15 is 0 Å². The first-order chi connectivity index (χ1) is 14.4. The molecule has 150 valence electrons. The molecular formula is C22H19N5O3. The Morgan fingerprint density at radius 2 is 1.87 bits per heavy atom. The molecule has 2 aromatic carbocycles. The molecule has 2 N–H and O–H groups in total. The molecule has 0 aliphatic rings. The largest absolute Gasteiger partial charge is 0.710 e. The van der Waals surface area contributed by atoms with Crippen LogP contribution in [0, 0.1) is 19.1 Å². The Morgan fingerprint density at radius 3 is 2.60 bits per heavy atom. The first kappa shape index (κ1) is 19.1. The fraction of sp³-hybridized carbons (Fsp3) is 0.0909. The Balaban J connectivity index is 1.71. The van der Waals surface area contributed by atoms with Crippen molar-refractivity contribution in [3.63, 3.8) is 0 Å². The van der Waals surface area contributed by atoms with Gasteiger partial charge >= 0.3 is 0 Å². The number of amides is 1. The van der Waals surface area contributed by atoms with E-state index in [0.717, 1.165) is 0 Å². The molecule has 1 amide bonds. The lowest BCUT2D eigenvalue weighted by molar-refractivity contribution is -0.606. The zero-order valence-corrected chi connectivity index (χ0v) is 16.4. The first-order valence-electron chi connectivity index (χ1n) is 9.28. The van der Waals surface area contributed by atoms with Gasteiger partial charge in [-0.1, -0.05) is 30.3 Å². The molecule has 0 radical (unpaired) electrons. The number of aromatic nitrogens is 4. The van der Waals surface area contributed by atoms with E-state index in [1.807, 2.05) is 18.2 Å². The Labute approximate surface area is 172 Å². The van der Waals surface area contributed by atoms with Gasteiger partial charge in [0.15, 0.2) is 5.69 Å². The van der Waals surface area contributed by atoms with E-state index in [9.17, 15) is 14.8 Å². The Hall–Kier alpha value is -4.20. The van der Waals surface area contributed by atoms with Crippen molar-refractivity contribution in [1.82, 2.24) is 14.5 Å². The summed E-state index contributed by atoms with van der Waals surface area (Å²) in [6.07, 6.45) is 1.31. The molecule has 2 heterocycles. The summed E-state index contributed by atoms with van der Waals surface area (Å²) >= 11 is 0. The number of carbonyl (C=O) groups excluding carboxylic acids is 1. The van der Waals surface area contributed by atoms with Crippen LogP contribution in [0.4, 0.5) is 5.69 Å². The van der Waals surface area contributed by atoms with Crippen molar-refractivity contribution in [2.24, 2.45) is 0 Å². The maximum absolute atomic E-state index is 12.7. The van der Waals surface area contributed by atoms with E-state index in [1.54, 1.807) is 54.8 Å². The Bertz CT molecular complexity index is 1290. The molecule has 0 aliphatic heterocycles. The van der Waals surface area contributed by atoms with Crippen LogP contribution >= 0.6 is 0 Å². The lowest BCUT2D eigenvalue weighted by Gasteiger charge is -2.05. The second-order valence-corrected chi connectivity index (χ2v) is 6.85. The standard InChI is InChI=1S/C22H19N5O3/c1-14-11-19(28)25-21(23-14)16-7-6-10-18(12-16)26-13-27(30)20(15(26)2)22(29)24-17-8-4-3-5-9-17/h3-13H,1-2H3,(H,24,29)(H,23,25,28). The van der Waals surface area contributed by atoms with Crippen LogP contribution in [0.3, 0.4) is 0 Å². The molecule has 0 spiro atoms. The monoisotopic (exact) mass is 401 g/mol. The minimum absolute atomic E-state index is 0.00587. The number of anilines is 1. The quantitative estimate of drug-likeness (QED) is 0.405. The van der Waals surface area contributed by atoms with Crippen molar-refractivity contribution in [3.05, 3.63) is 99.6 Å². The lowest BCUT2D eigenvalue weighted by atomic mass is 10.1. The average Bonchev–Trinajstić information content (AvgIpc) is 3.02. The lowest BCUT2D eigenvalue weighted by Crippen LogP contribution is -2.34. The molecule has 0 unspecified atom stereocenters. The highest BCUT2D eigenvalue weighted by Gasteiger charge is 2.24. The molecule has 8 nitrogen and oxygen atoms in total. The van der Waals surface area contributed by atoms with Gasteiger partial charge in [-0.2, -0.15) is 4.57 Å². The van der Waals surface area contributed by atoms with Gasteiger partial charge in [-0.05, 0) is 31.2 Å². The predicted octanol–water partition coefficient (Wildman–Crippen LogP) is 2.73. The number of hydrogen-bond donors (Lipinski definition) is 2. The predicted molar refractivity (Wildman–Crippen MR) is 112 cm³/mol. The zero-order chi connectivity index (χ0) is 21.3. The number of aryl methyl sites for hydroxylation is 1. The molecular weight excluding hydrogens is 382 g/mol. The van der Waals surface area contributed by atoms with E-state index < -0.39 is 5.91 Å². The fourth-order valence-electron chi connectivity index (χ4n) is 3.28. The van der Waals surface area contributed by atoms with Gasteiger partial charge in [0, 0.05) is 29.9 Å². The molecule has 8 heteroatoms. The van der Waals surface area contributed by atoms with Crippen molar-refractivity contribution < 1.29 is 9.52 Å². The number of rotatable bonds is 4. The van der Waals surface area contributed by atoms with E-state index in [-0.39, 0.29) is 11.3 Å². The van der Waals surface area contributed by atoms with Gasteiger partial charge in [-0.3, -0.25) is 9.59 Å². The summed E-state index contributed by atoms with van der Waals surface area (Å²) in [5.41, 5.74) is 2.82. The van der Waals surface area contributed by atoms with Crippen molar-refractivity contribution >= 4 is 11.6 Å². The summed E-state index contributed by atoms with van der Waals surface area (Å²) in [5, 5.41) is 15.2. The van der Waals surface area contributed by atoms with Crippen molar-refractivity contribution in [2.45, 2.75) is 13.8 Å². The number of benzene rings is 2. The third-order valence-electron chi connectivity index (χ3n) is 4.66. The molecule has 0 saturated carbocycles. The summed E-state index contributed by atoms with van der Waals surface area (Å²) in [4.78, 5) is 31.5. The molecule has 0 aliphatic carbocycles. The number of H-pyrrole nitrogens is 1. The highest BCUT2D eigenvalue weighted by Crippen LogP contribution is 2.20. The number of para-hydroxylation sites is 1. The van der Waals surface area contributed by atoms with Crippen LogP contribution < -0.4 is 15.6 Å². The van der Waals surface area contributed by atoms with Crippen LogP contribution in [0.5, 0.6) is 0 Å².